The SMILES string of the molecule is CCc1cc(C(C)(C)C)cc(Cl)n1. The maximum atomic E-state index is 5.92. The normalized spacial score (nSPS) is 11.8. The van der Waals surface area contributed by atoms with Crippen LogP contribution in [0.1, 0.15) is 39.0 Å². The second-order valence-electron chi connectivity index (χ2n) is 4.27. The molecular formula is C11H16ClN. The number of hydrogen-bond donors (Lipinski definition) is 0. The molecule has 1 aromatic heterocycles. The molecule has 1 heterocycles. The van der Waals surface area contributed by atoms with E-state index in [2.05, 4.69) is 38.7 Å². The van der Waals surface area contributed by atoms with Crippen LogP contribution < -0.4 is 0 Å². The average molecular weight is 198 g/mol. The zero-order valence-corrected chi connectivity index (χ0v) is 9.44. The highest BCUT2D eigenvalue weighted by Crippen LogP contribution is 2.24. The summed E-state index contributed by atoms with van der Waals surface area (Å²) in [5.74, 6) is 0. The van der Waals surface area contributed by atoms with Gasteiger partial charge in [0.15, 0.2) is 0 Å². The Labute approximate surface area is 85.1 Å². The predicted octanol–water partition coefficient (Wildman–Crippen LogP) is 3.59. The summed E-state index contributed by atoms with van der Waals surface area (Å²) in [6, 6.07) is 4.08. The molecule has 0 amide bonds. The summed E-state index contributed by atoms with van der Waals surface area (Å²) in [6.07, 6.45) is 0.934. The highest BCUT2D eigenvalue weighted by atomic mass is 35.5. The molecule has 1 rings (SSSR count). The summed E-state index contributed by atoms with van der Waals surface area (Å²) < 4.78 is 0. The number of halogens is 1. The van der Waals surface area contributed by atoms with Gasteiger partial charge in [-0.2, -0.15) is 0 Å². The maximum Gasteiger partial charge on any atom is 0.129 e. The van der Waals surface area contributed by atoms with Gasteiger partial charge in [0.1, 0.15) is 5.15 Å². The van der Waals surface area contributed by atoms with E-state index in [0.717, 1.165) is 12.1 Å². The third-order valence-corrected chi connectivity index (χ3v) is 2.27. The third kappa shape index (κ3) is 2.70. The van der Waals surface area contributed by atoms with Gasteiger partial charge in [-0.05, 0) is 29.5 Å². The molecule has 0 aliphatic heterocycles. The predicted molar refractivity (Wildman–Crippen MR) is 57.3 cm³/mol. The number of aromatic nitrogens is 1. The second kappa shape index (κ2) is 3.67. The van der Waals surface area contributed by atoms with Crippen LogP contribution in [-0.2, 0) is 11.8 Å². The molecule has 0 fully saturated rings. The highest BCUT2D eigenvalue weighted by Gasteiger charge is 2.14. The quantitative estimate of drug-likeness (QED) is 0.627. The lowest BCUT2D eigenvalue weighted by molar-refractivity contribution is 0.588. The van der Waals surface area contributed by atoms with Gasteiger partial charge in [-0.1, -0.05) is 39.3 Å². The number of aryl methyl sites for hydroxylation is 1. The van der Waals surface area contributed by atoms with Crippen molar-refractivity contribution in [3.63, 3.8) is 0 Å². The summed E-state index contributed by atoms with van der Waals surface area (Å²) in [5.41, 5.74) is 2.47. The standard InChI is InChI=1S/C11H16ClN/c1-5-9-6-8(11(2,3)4)7-10(12)13-9/h6-7H,5H2,1-4H3. The molecule has 0 aliphatic carbocycles. The lowest BCUT2D eigenvalue weighted by Crippen LogP contribution is -2.12. The largest absolute Gasteiger partial charge is 0.241 e. The molecule has 0 saturated carbocycles. The molecule has 0 spiro atoms. The monoisotopic (exact) mass is 197 g/mol. The van der Waals surface area contributed by atoms with Crippen molar-refractivity contribution >= 4 is 11.6 Å². The first-order valence-electron chi connectivity index (χ1n) is 4.60. The summed E-state index contributed by atoms with van der Waals surface area (Å²) in [4.78, 5) is 4.23. The molecule has 0 radical (unpaired) electrons. The zero-order chi connectivity index (χ0) is 10.1. The van der Waals surface area contributed by atoms with Crippen LogP contribution in [0.15, 0.2) is 12.1 Å². The number of rotatable bonds is 1. The Balaban J connectivity index is 3.16. The van der Waals surface area contributed by atoms with Crippen molar-refractivity contribution in [1.29, 1.82) is 0 Å². The van der Waals surface area contributed by atoms with Crippen molar-refractivity contribution in [3.05, 3.63) is 28.5 Å². The Kier molecular flexibility index (Phi) is 2.97. The first-order chi connectivity index (χ1) is 5.93. The molecule has 0 bridgehead atoms. The van der Waals surface area contributed by atoms with Gasteiger partial charge < -0.3 is 0 Å². The Morgan fingerprint density at radius 2 is 1.92 bits per heavy atom. The van der Waals surface area contributed by atoms with Gasteiger partial charge in [0.25, 0.3) is 0 Å². The third-order valence-electron chi connectivity index (χ3n) is 2.08. The van der Waals surface area contributed by atoms with E-state index in [-0.39, 0.29) is 5.41 Å². The smallest absolute Gasteiger partial charge is 0.129 e. The van der Waals surface area contributed by atoms with E-state index in [0.29, 0.717) is 5.15 Å². The molecule has 0 unspecified atom stereocenters. The van der Waals surface area contributed by atoms with E-state index in [1.807, 2.05) is 6.07 Å². The van der Waals surface area contributed by atoms with E-state index in [1.165, 1.54) is 5.56 Å². The van der Waals surface area contributed by atoms with E-state index in [9.17, 15) is 0 Å². The fraction of sp³-hybridized carbons (Fsp3) is 0.545. The van der Waals surface area contributed by atoms with E-state index >= 15 is 0 Å². The van der Waals surface area contributed by atoms with Crippen LogP contribution >= 0.6 is 11.6 Å². The molecule has 1 nitrogen and oxygen atoms in total. The lowest BCUT2D eigenvalue weighted by Gasteiger charge is -2.19. The van der Waals surface area contributed by atoms with Gasteiger partial charge in [-0.15, -0.1) is 0 Å². The van der Waals surface area contributed by atoms with Crippen LogP contribution in [0.25, 0.3) is 0 Å². The van der Waals surface area contributed by atoms with Crippen molar-refractivity contribution in [2.45, 2.75) is 39.5 Å². The van der Waals surface area contributed by atoms with Crippen LogP contribution in [0.2, 0.25) is 5.15 Å². The molecule has 0 aliphatic rings. The molecule has 0 atom stereocenters. The Hall–Kier alpha value is -0.560. The van der Waals surface area contributed by atoms with Gasteiger partial charge in [0, 0.05) is 5.69 Å². The lowest BCUT2D eigenvalue weighted by atomic mass is 9.87. The average Bonchev–Trinajstić information content (AvgIpc) is 2.01. The van der Waals surface area contributed by atoms with Gasteiger partial charge in [-0.3, -0.25) is 0 Å². The van der Waals surface area contributed by atoms with Crippen LogP contribution in [0.5, 0.6) is 0 Å². The summed E-state index contributed by atoms with van der Waals surface area (Å²) >= 11 is 5.92. The van der Waals surface area contributed by atoms with Crippen molar-refractivity contribution in [2.75, 3.05) is 0 Å². The van der Waals surface area contributed by atoms with Gasteiger partial charge in [0.05, 0.1) is 0 Å². The molecule has 1 aromatic rings. The molecule has 2 heteroatoms. The minimum atomic E-state index is 0.149. The van der Waals surface area contributed by atoms with Crippen molar-refractivity contribution in [3.8, 4) is 0 Å². The number of pyridine rings is 1. The molecule has 72 valence electrons. The topological polar surface area (TPSA) is 12.9 Å². The van der Waals surface area contributed by atoms with Crippen LogP contribution in [0, 0.1) is 0 Å². The zero-order valence-electron chi connectivity index (χ0n) is 8.69. The molecule has 0 aromatic carbocycles. The van der Waals surface area contributed by atoms with Crippen molar-refractivity contribution in [1.82, 2.24) is 4.98 Å². The molecule has 0 saturated heterocycles. The van der Waals surface area contributed by atoms with Crippen LogP contribution in [0.4, 0.5) is 0 Å². The van der Waals surface area contributed by atoms with Gasteiger partial charge in [-0.25, -0.2) is 4.98 Å². The van der Waals surface area contributed by atoms with Crippen molar-refractivity contribution < 1.29 is 0 Å². The van der Waals surface area contributed by atoms with Gasteiger partial charge >= 0.3 is 0 Å². The summed E-state index contributed by atoms with van der Waals surface area (Å²) in [7, 11) is 0. The highest BCUT2D eigenvalue weighted by molar-refractivity contribution is 6.29. The minimum Gasteiger partial charge on any atom is -0.241 e. The molecule has 0 N–H and O–H groups in total. The number of hydrogen-bond acceptors (Lipinski definition) is 1. The van der Waals surface area contributed by atoms with E-state index in [4.69, 9.17) is 11.6 Å². The van der Waals surface area contributed by atoms with E-state index < -0.39 is 0 Å². The fourth-order valence-electron chi connectivity index (χ4n) is 1.17. The maximum absolute atomic E-state index is 5.92. The van der Waals surface area contributed by atoms with Crippen LogP contribution in [-0.4, -0.2) is 4.98 Å². The first kappa shape index (κ1) is 10.5. The Morgan fingerprint density at radius 1 is 1.31 bits per heavy atom. The van der Waals surface area contributed by atoms with Gasteiger partial charge in [0.2, 0.25) is 0 Å². The number of nitrogens with zero attached hydrogens (tertiary/aromatic N) is 1. The summed E-state index contributed by atoms with van der Waals surface area (Å²) in [6.45, 7) is 8.62. The van der Waals surface area contributed by atoms with Crippen molar-refractivity contribution in [2.24, 2.45) is 0 Å². The fourth-order valence-corrected chi connectivity index (χ4v) is 1.39. The first-order valence-corrected chi connectivity index (χ1v) is 4.98. The molecule has 13 heavy (non-hydrogen) atoms. The molecular weight excluding hydrogens is 182 g/mol. The Morgan fingerprint density at radius 3 is 2.38 bits per heavy atom. The Bertz CT molecular complexity index is 299. The van der Waals surface area contributed by atoms with Crippen LogP contribution in [0.3, 0.4) is 0 Å². The van der Waals surface area contributed by atoms with E-state index in [1.54, 1.807) is 0 Å². The minimum absolute atomic E-state index is 0.149. The second-order valence-corrected chi connectivity index (χ2v) is 4.66. The summed E-state index contributed by atoms with van der Waals surface area (Å²) in [5, 5.41) is 0.601.